The van der Waals surface area contributed by atoms with Crippen molar-refractivity contribution in [3.8, 4) is 0 Å². The molecule has 0 amide bonds. The molecule has 0 atom stereocenters. The highest BCUT2D eigenvalue weighted by atomic mass is 35.5. The number of aryl methyl sites for hydroxylation is 1. The molecular formula is C13H15ClN4. The number of nitrogens with two attached hydrogens (primary N) is 2. The molecule has 0 aliphatic carbocycles. The Morgan fingerprint density at radius 2 is 1.61 bits per heavy atom. The van der Waals surface area contributed by atoms with E-state index in [0.717, 1.165) is 11.3 Å². The fourth-order valence-electron chi connectivity index (χ4n) is 1.49. The monoisotopic (exact) mass is 262 g/mol. The first-order chi connectivity index (χ1) is 8.16. The molecule has 4 nitrogen and oxygen atoms in total. The largest absolute Gasteiger partial charge is 0.397 e. The van der Waals surface area contributed by atoms with Crippen LogP contribution >= 0.6 is 12.4 Å². The Bertz CT molecular complexity index is 552. The van der Waals surface area contributed by atoms with Gasteiger partial charge in [0.25, 0.3) is 0 Å². The molecule has 0 spiro atoms. The lowest BCUT2D eigenvalue weighted by molar-refractivity contribution is 1.23. The van der Waals surface area contributed by atoms with Crippen LogP contribution in [0.15, 0.2) is 52.7 Å². The van der Waals surface area contributed by atoms with Crippen LogP contribution in [0.3, 0.4) is 0 Å². The van der Waals surface area contributed by atoms with Crippen LogP contribution in [0.4, 0.5) is 22.7 Å². The summed E-state index contributed by atoms with van der Waals surface area (Å²) in [5.41, 5.74) is 15.0. The van der Waals surface area contributed by atoms with E-state index in [1.165, 1.54) is 0 Å². The van der Waals surface area contributed by atoms with Crippen molar-refractivity contribution in [2.75, 3.05) is 11.5 Å². The average molecular weight is 263 g/mol. The number of anilines is 2. The molecule has 5 heteroatoms. The van der Waals surface area contributed by atoms with Crippen molar-refractivity contribution in [3.63, 3.8) is 0 Å². The Hall–Kier alpha value is -2.07. The van der Waals surface area contributed by atoms with Crippen LogP contribution in [0.1, 0.15) is 5.56 Å². The molecule has 0 unspecified atom stereocenters. The third-order valence-corrected chi connectivity index (χ3v) is 2.36. The van der Waals surface area contributed by atoms with Crippen molar-refractivity contribution in [2.45, 2.75) is 6.92 Å². The zero-order valence-electron chi connectivity index (χ0n) is 10.00. The lowest BCUT2D eigenvalue weighted by Crippen LogP contribution is -1.95. The SMILES string of the molecule is Cc1cc(N)c(N)c(N=Nc2ccccc2)c1.Cl. The molecule has 0 saturated heterocycles. The van der Waals surface area contributed by atoms with Gasteiger partial charge < -0.3 is 11.5 Å². The van der Waals surface area contributed by atoms with E-state index in [0.29, 0.717) is 17.1 Å². The number of halogens is 1. The Kier molecular flexibility index (Phi) is 4.68. The van der Waals surface area contributed by atoms with Gasteiger partial charge in [0.2, 0.25) is 0 Å². The van der Waals surface area contributed by atoms with Gasteiger partial charge in [0.1, 0.15) is 5.69 Å². The van der Waals surface area contributed by atoms with Crippen LogP contribution in [-0.4, -0.2) is 0 Å². The Morgan fingerprint density at radius 3 is 2.28 bits per heavy atom. The third-order valence-electron chi connectivity index (χ3n) is 2.36. The van der Waals surface area contributed by atoms with Crippen LogP contribution in [0, 0.1) is 6.92 Å². The van der Waals surface area contributed by atoms with E-state index in [-0.39, 0.29) is 12.4 Å². The van der Waals surface area contributed by atoms with E-state index in [1.807, 2.05) is 49.4 Å². The Labute approximate surface area is 112 Å². The highest BCUT2D eigenvalue weighted by molar-refractivity contribution is 5.85. The summed E-state index contributed by atoms with van der Waals surface area (Å²) in [6.45, 7) is 1.94. The predicted octanol–water partition coefficient (Wildman–Crippen LogP) is 4.00. The van der Waals surface area contributed by atoms with Gasteiger partial charge in [-0.3, -0.25) is 0 Å². The summed E-state index contributed by atoms with van der Waals surface area (Å²) in [5.74, 6) is 0. The maximum atomic E-state index is 5.84. The molecule has 0 fully saturated rings. The normalized spacial score (nSPS) is 10.3. The summed E-state index contributed by atoms with van der Waals surface area (Å²) in [6.07, 6.45) is 0. The highest BCUT2D eigenvalue weighted by Crippen LogP contribution is 2.30. The molecule has 2 aromatic rings. The van der Waals surface area contributed by atoms with Gasteiger partial charge in [-0.15, -0.1) is 17.5 Å². The van der Waals surface area contributed by atoms with Gasteiger partial charge in [0.15, 0.2) is 0 Å². The molecule has 0 aliphatic heterocycles. The summed E-state index contributed by atoms with van der Waals surface area (Å²) in [4.78, 5) is 0. The minimum atomic E-state index is 0. The van der Waals surface area contributed by atoms with Crippen molar-refractivity contribution in [1.82, 2.24) is 0 Å². The van der Waals surface area contributed by atoms with Crippen LogP contribution in [0.2, 0.25) is 0 Å². The first-order valence-corrected chi connectivity index (χ1v) is 5.29. The standard InChI is InChI=1S/C13H14N4.ClH/c1-9-7-11(14)13(15)12(8-9)17-16-10-5-3-2-4-6-10;/h2-8H,14-15H2,1H3;1H. The molecule has 94 valence electrons. The zero-order chi connectivity index (χ0) is 12.3. The van der Waals surface area contributed by atoms with Gasteiger partial charge in [-0.2, -0.15) is 5.11 Å². The van der Waals surface area contributed by atoms with Crippen molar-refractivity contribution in [3.05, 3.63) is 48.0 Å². The molecule has 0 heterocycles. The molecule has 0 saturated carbocycles. The van der Waals surface area contributed by atoms with Crippen molar-refractivity contribution in [2.24, 2.45) is 10.2 Å². The molecule has 2 aromatic carbocycles. The van der Waals surface area contributed by atoms with Crippen LogP contribution in [-0.2, 0) is 0 Å². The van der Waals surface area contributed by atoms with Gasteiger partial charge in [-0.05, 0) is 36.8 Å². The number of rotatable bonds is 2. The second kappa shape index (κ2) is 6.02. The smallest absolute Gasteiger partial charge is 0.111 e. The first kappa shape index (κ1) is 14.0. The van der Waals surface area contributed by atoms with Crippen molar-refractivity contribution < 1.29 is 0 Å². The van der Waals surface area contributed by atoms with E-state index in [9.17, 15) is 0 Å². The fourth-order valence-corrected chi connectivity index (χ4v) is 1.49. The Morgan fingerprint density at radius 1 is 0.944 bits per heavy atom. The first-order valence-electron chi connectivity index (χ1n) is 5.29. The predicted molar refractivity (Wildman–Crippen MR) is 77.9 cm³/mol. The van der Waals surface area contributed by atoms with Crippen LogP contribution < -0.4 is 11.5 Å². The number of hydrogen-bond donors (Lipinski definition) is 2. The van der Waals surface area contributed by atoms with Crippen molar-refractivity contribution >= 4 is 35.2 Å². The number of azo groups is 1. The van der Waals surface area contributed by atoms with Crippen LogP contribution in [0.25, 0.3) is 0 Å². The van der Waals surface area contributed by atoms with Crippen molar-refractivity contribution in [1.29, 1.82) is 0 Å². The van der Waals surface area contributed by atoms with E-state index in [1.54, 1.807) is 0 Å². The summed E-state index contributed by atoms with van der Waals surface area (Å²) < 4.78 is 0. The number of nitrogen functional groups attached to an aromatic ring is 2. The van der Waals surface area contributed by atoms with Gasteiger partial charge in [-0.25, -0.2) is 0 Å². The maximum Gasteiger partial charge on any atom is 0.111 e. The van der Waals surface area contributed by atoms with E-state index in [2.05, 4.69) is 10.2 Å². The minimum absolute atomic E-state index is 0. The van der Waals surface area contributed by atoms with Gasteiger partial charge >= 0.3 is 0 Å². The number of hydrogen-bond acceptors (Lipinski definition) is 4. The van der Waals surface area contributed by atoms with E-state index >= 15 is 0 Å². The summed E-state index contributed by atoms with van der Waals surface area (Å²) in [5, 5.41) is 8.23. The lowest BCUT2D eigenvalue weighted by Gasteiger charge is -2.04. The topological polar surface area (TPSA) is 76.8 Å². The second-order valence-corrected chi connectivity index (χ2v) is 3.82. The lowest BCUT2D eigenvalue weighted by atomic mass is 10.1. The zero-order valence-corrected chi connectivity index (χ0v) is 10.8. The van der Waals surface area contributed by atoms with Gasteiger partial charge in [0, 0.05) is 0 Å². The maximum absolute atomic E-state index is 5.84. The molecule has 2 rings (SSSR count). The third kappa shape index (κ3) is 3.21. The van der Waals surface area contributed by atoms with Gasteiger partial charge in [0.05, 0.1) is 17.1 Å². The molecule has 0 radical (unpaired) electrons. The summed E-state index contributed by atoms with van der Waals surface area (Å²) in [6, 6.07) is 13.2. The Balaban J connectivity index is 0.00000162. The fraction of sp³-hybridized carbons (Fsp3) is 0.0769. The van der Waals surface area contributed by atoms with Gasteiger partial charge in [-0.1, -0.05) is 18.2 Å². The molecular weight excluding hydrogens is 248 g/mol. The minimum Gasteiger partial charge on any atom is -0.397 e. The average Bonchev–Trinajstić information content (AvgIpc) is 2.33. The number of benzene rings is 2. The van der Waals surface area contributed by atoms with E-state index < -0.39 is 0 Å². The molecule has 0 aliphatic rings. The molecule has 0 bridgehead atoms. The number of nitrogens with zero attached hydrogens (tertiary/aromatic N) is 2. The molecule has 0 aromatic heterocycles. The summed E-state index contributed by atoms with van der Waals surface area (Å²) in [7, 11) is 0. The highest BCUT2D eigenvalue weighted by Gasteiger charge is 2.02. The van der Waals surface area contributed by atoms with Crippen LogP contribution in [0.5, 0.6) is 0 Å². The quantitative estimate of drug-likeness (QED) is 0.634. The second-order valence-electron chi connectivity index (χ2n) is 3.82. The molecule has 4 N–H and O–H groups in total. The summed E-state index contributed by atoms with van der Waals surface area (Å²) >= 11 is 0. The molecule has 18 heavy (non-hydrogen) atoms. The van der Waals surface area contributed by atoms with E-state index in [4.69, 9.17) is 11.5 Å².